The fourth-order valence-corrected chi connectivity index (χ4v) is 2.07. The molecule has 0 radical (unpaired) electrons. The highest BCUT2D eigenvalue weighted by Gasteiger charge is 2.06. The van der Waals surface area contributed by atoms with Gasteiger partial charge in [-0.2, -0.15) is 0 Å². The SMILES string of the molecule is Cc1cc(F)ccc1COc1ccc(C(C)O)cc1C. The maximum Gasteiger partial charge on any atom is 0.123 e. The molecule has 0 amide bonds. The lowest BCUT2D eigenvalue weighted by Gasteiger charge is -2.13. The zero-order valence-corrected chi connectivity index (χ0v) is 12.0. The van der Waals surface area contributed by atoms with Gasteiger partial charge in [0.25, 0.3) is 0 Å². The van der Waals surface area contributed by atoms with Gasteiger partial charge in [-0.15, -0.1) is 0 Å². The molecule has 0 aromatic heterocycles. The highest BCUT2D eigenvalue weighted by Crippen LogP contribution is 2.24. The number of halogens is 1. The highest BCUT2D eigenvalue weighted by molar-refractivity contribution is 5.37. The summed E-state index contributed by atoms with van der Waals surface area (Å²) in [5, 5.41) is 9.53. The van der Waals surface area contributed by atoms with Gasteiger partial charge in [0.2, 0.25) is 0 Å². The third-order valence-corrected chi connectivity index (χ3v) is 3.37. The molecule has 0 aliphatic heterocycles. The van der Waals surface area contributed by atoms with Gasteiger partial charge in [0, 0.05) is 0 Å². The van der Waals surface area contributed by atoms with E-state index in [1.165, 1.54) is 12.1 Å². The molecule has 0 aliphatic carbocycles. The number of ether oxygens (including phenoxy) is 1. The topological polar surface area (TPSA) is 29.5 Å². The van der Waals surface area contributed by atoms with Gasteiger partial charge in [0.15, 0.2) is 0 Å². The van der Waals surface area contributed by atoms with Crippen molar-refractivity contribution in [3.8, 4) is 5.75 Å². The first-order valence-electron chi connectivity index (χ1n) is 6.64. The molecule has 0 saturated heterocycles. The van der Waals surface area contributed by atoms with Gasteiger partial charge in [-0.3, -0.25) is 0 Å². The van der Waals surface area contributed by atoms with Crippen LogP contribution in [0, 0.1) is 19.7 Å². The van der Waals surface area contributed by atoms with E-state index < -0.39 is 6.10 Å². The second-order valence-electron chi connectivity index (χ2n) is 5.06. The Bertz CT molecular complexity index is 606. The summed E-state index contributed by atoms with van der Waals surface area (Å²) in [6, 6.07) is 10.3. The van der Waals surface area contributed by atoms with E-state index in [4.69, 9.17) is 4.74 Å². The number of aliphatic hydroxyl groups excluding tert-OH is 1. The predicted molar refractivity (Wildman–Crippen MR) is 77.3 cm³/mol. The van der Waals surface area contributed by atoms with Crippen LogP contribution in [0.25, 0.3) is 0 Å². The van der Waals surface area contributed by atoms with Crippen molar-refractivity contribution in [3.05, 3.63) is 64.5 Å². The molecule has 2 aromatic rings. The molecule has 2 rings (SSSR count). The van der Waals surface area contributed by atoms with E-state index >= 15 is 0 Å². The van der Waals surface area contributed by atoms with Crippen LogP contribution in [0.15, 0.2) is 36.4 Å². The standard InChI is InChI=1S/C17H19FO2/c1-11-9-16(18)6-4-15(11)10-20-17-7-5-14(13(3)19)8-12(17)2/h4-9,13,19H,10H2,1-3H3. The van der Waals surface area contributed by atoms with Crippen LogP contribution in [0.1, 0.15) is 35.3 Å². The van der Waals surface area contributed by atoms with Crippen molar-refractivity contribution in [1.29, 1.82) is 0 Å². The molecule has 0 saturated carbocycles. The molecule has 2 nitrogen and oxygen atoms in total. The van der Waals surface area contributed by atoms with Crippen molar-refractivity contribution < 1.29 is 14.2 Å². The second kappa shape index (κ2) is 6.06. The lowest BCUT2D eigenvalue weighted by molar-refractivity contribution is 0.199. The molecule has 3 heteroatoms. The number of aliphatic hydroxyl groups is 1. The van der Waals surface area contributed by atoms with Gasteiger partial charge >= 0.3 is 0 Å². The Hall–Kier alpha value is -1.87. The maximum absolute atomic E-state index is 13.0. The van der Waals surface area contributed by atoms with E-state index in [9.17, 15) is 9.50 Å². The smallest absolute Gasteiger partial charge is 0.123 e. The lowest BCUT2D eigenvalue weighted by Crippen LogP contribution is -2.00. The summed E-state index contributed by atoms with van der Waals surface area (Å²) >= 11 is 0. The maximum atomic E-state index is 13.0. The van der Waals surface area contributed by atoms with Crippen LogP contribution in [0.5, 0.6) is 5.75 Å². The van der Waals surface area contributed by atoms with Crippen LogP contribution >= 0.6 is 0 Å². The van der Waals surface area contributed by atoms with Crippen molar-refractivity contribution >= 4 is 0 Å². The first kappa shape index (κ1) is 14.5. The van der Waals surface area contributed by atoms with E-state index in [1.54, 1.807) is 13.0 Å². The minimum atomic E-state index is -0.484. The minimum Gasteiger partial charge on any atom is -0.489 e. The summed E-state index contributed by atoms with van der Waals surface area (Å²) in [6.07, 6.45) is -0.484. The van der Waals surface area contributed by atoms with Crippen molar-refractivity contribution in [1.82, 2.24) is 0 Å². The summed E-state index contributed by atoms with van der Waals surface area (Å²) in [6.45, 7) is 5.95. The normalized spacial score (nSPS) is 12.2. The van der Waals surface area contributed by atoms with Gasteiger partial charge < -0.3 is 9.84 Å². The molecule has 0 fully saturated rings. The van der Waals surface area contributed by atoms with Crippen LogP contribution in [-0.4, -0.2) is 5.11 Å². The molecular weight excluding hydrogens is 255 g/mol. The van der Waals surface area contributed by atoms with Crippen LogP contribution in [0.2, 0.25) is 0 Å². The molecular formula is C17H19FO2. The quantitative estimate of drug-likeness (QED) is 0.910. The summed E-state index contributed by atoms with van der Waals surface area (Å²) in [5.41, 5.74) is 3.68. The highest BCUT2D eigenvalue weighted by atomic mass is 19.1. The fourth-order valence-electron chi connectivity index (χ4n) is 2.07. The van der Waals surface area contributed by atoms with Crippen molar-refractivity contribution in [3.63, 3.8) is 0 Å². The van der Waals surface area contributed by atoms with Crippen LogP contribution in [-0.2, 0) is 6.61 Å². The molecule has 0 heterocycles. The van der Waals surface area contributed by atoms with Crippen molar-refractivity contribution in [2.75, 3.05) is 0 Å². The molecule has 1 unspecified atom stereocenters. The Labute approximate surface area is 118 Å². The molecule has 0 bridgehead atoms. The van der Waals surface area contributed by atoms with Crippen LogP contribution in [0.3, 0.4) is 0 Å². The van der Waals surface area contributed by atoms with Gasteiger partial charge in [0.1, 0.15) is 18.2 Å². The number of benzene rings is 2. The number of hydrogen-bond acceptors (Lipinski definition) is 2. The Morgan fingerprint density at radius 3 is 2.45 bits per heavy atom. The largest absolute Gasteiger partial charge is 0.489 e. The molecule has 1 atom stereocenters. The average Bonchev–Trinajstić information content (AvgIpc) is 2.38. The number of aryl methyl sites for hydroxylation is 2. The van der Waals surface area contributed by atoms with E-state index in [1.807, 2.05) is 32.0 Å². The second-order valence-corrected chi connectivity index (χ2v) is 5.06. The van der Waals surface area contributed by atoms with E-state index in [2.05, 4.69) is 0 Å². The van der Waals surface area contributed by atoms with E-state index in [0.29, 0.717) is 6.61 Å². The van der Waals surface area contributed by atoms with E-state index in [-0.39, 0.29) is 5.82 Å². The van der Waals surface area contributed by atoms with Gasteiger partial charge in [0.05, 0.1) is 6.10 Å². The Balaban J connectivity index is 2.11. The Morgan fingerprint density at radius 1 is 1.10 bits per heavy atom. The molecule has 2 aromatic carbocycles. The Morgan fingerprint density at radius 2 is 1.85 bits per heavy atom. The van der Waals surface area contributed by atoms with Gasteiger partial charge in [-0.25, -0.2) is 4.39 Å². The van der Waals surface area contributed by atoms with Crippen LogP contribution in [0.4, 0.5) is 4.39 Å². The fraction of sp³-hybridized carbons (Fsp3) is 0.294. The molecule has 0 aliphatic rings. The third-order valence-electron chi connectivity index (χ3n) is 3.37. The summed E-state index contributed by atoms with van der Waals surface area (Å²) in [5.74, 6) is 0.543. The number of hydrogen-bond donors (Lipinski definition) is 1. The van der Waals surface area contributed by atoms with Gasteiger partial charge in [-0.05, 0) is 67.3 Å². The van der Waals surface area contributed by atoms with Crippen molar-refractivity contribution in [2.45, 2.75) is 33.5 Å². The van der Waals surface area contributed by atoms with Crippen molar-refractivity contribution in [2.24, 2.45) is 0 Å². The zero-order chi connectivity index (χ0) is 14.7. The summed E-state index contributed by atoms with van der Waals surface area (Å²) in [4.78, 5) is 0. The third kappa shape index (κ3) is 3.36. The molecule has 1 N–H and O–H groups in total. The summed E-state index contributed by atoms with van der Waals surface area (Å²) in [7, 11) is 0. The Kier molecular flexibility index (Phi) is 4.40. The first-order chi connectivity index (χ1) is 9.47. The summed E-state index contributed by atoms with van der Waals surface area (Å²) < 4.78 is 18.8. The van der Waals surface area contributed by atoms with Gasteiger partial charge in [-0.1, -0.05) is 12.1 Å². The predicted octanol–water partition coefficient (Wildman–Crippen LogP) is 4.07. The van der Waals surface area contributed by atoms with Crippen LogP contribution < -0.4 is 4.74 Å². The lowest BCUT2D eigenvalue weighted by atomic mass is 10.1. The molecule has 20 heavy (non-hydrogen) atoms. The molecule has 106 valence electrons. The monoisotopic (exact) mass is 274 g/mol. The number of rotatable bonds is 4. The first-order valence-corrected chi connectivity index (χ1v) is 6.64. The zero-order valence-electron chi connectivity index (χ0n) is 12.0. The average molecular weight is 274 g/mol. The minimum absolute atomic E-state index is 0.233. The van der Waals surface area contributed by atoms with E-state index in [0.717, 1.165) is 28.0 Å². The molecule has 0 spiro atoms.